The van der Waals surface area contributed by atoms with Crippen LogP contribution in [0.4, 0.5) is 0 Å². The van der Waals surface area contributed by atoms with E-state index in [-0.39, 0.29) is 66.8 Å². The number of carbonyl (C=O) groups is 9. The summed E-state index contributed by atoms with van der Waals surface area (Å²) in [6, 6.07) is 2.55. The summed E-state index contributed by atoms with van der Waals surface area (Å²) in [6.45, 7) is 6.21. The van der Waals surface area contributed by atoms with Gasteiger partial charge in [-0.05, 0) is 42.5 Å². The highest BCUT2D eigenvalue weighted by Gasteiger charge is 2.43. The predicted octanol–water partition coefficient (Wildman–Crippen LogP) is 0.108. The number of aliphatic hydroxyl groups is 1. The van der Waals surface area contributed by atoms with E-state index in [2.05, 4.69) is 47.2 Å². The minimum absolute atomic E-state index is 0.0837. The number of benzene rings is 2. The van der Waals surface area contributed by atoms with Crippen molar-refractivity contribution in [3.63, 3.8) is 0 Å². The summed E-state index contributed by atoms with van der Waals surface area (Å²) >= 11 is 6.18. The lowest BCUT2D eigenvalue weighted by Crippen LogP contribution is -2.61. The van der Waals surface area contributed by atoms with E-state index in [9.17, 15) is 58.5 Å². The molecule has 9 atom stereocenters. The highest BCUT2D eigenvalue weighted by Crippen LogP contribution is 2.27. The van der Waals surface area contributed by atoms with Crippen molar-refractivity contribution in [2.45, 2.75) is 121 Å². The molecule has 1 aromatic heterocycles. The van der Waals surface area contributed by atoms with Crippen LogP contribution in [-0.4, -0.2) is 156 Å². The molecule has 2 aliphatic rings. The van der Waals surface area contributed by atoms with Crippen molar-refractivity contribution in [3.05, 3.63) is 82.9 Å². The van der Waals surface area contributed by atoms with Crippen molar-refractivity contribution in [2.75, 3.05) is 18.1 Å². The number of hydrogen-bond acceptors (Lipinski definition) is 14. The normalized spacial score (nSPS) is 23.6. The van der Waals surface area contributed by atoms with Gasteiger partial charge >= 0.3 is 5.97 Å². The van der Waals surface area contributed by atoms with Crippen LogP contribution in [0.25, 0.3) is 0 Å². The molecule has 11 N–H and O–H groups in total. The van der Waals surface area contributed by atoms with Crippen molar-refractivity contribution in [1.29, 1.82) is 0 Å². The summed E-state index contributed by atoms with van der Waals surface area (Å²) in [7, 11) is 2.38. The number of aliphatic carboxylic acids is 1. The van der Waals surface area contributed by atoms with Gasteiger partial charge in [-0.15, -0.1) is 0 Å². The smallest absolute Gasteiger partial charge is 0.305 e. The first-order valence-electron chi connectivity index (χ1n) is 23.2. The number of H-pyrrole nitrogens is 1. The summed E-state index contributed by atoms with van der Waals surface area (Å²) in [6.07, 6.45) is 0.117. The number of aliphatic hydroxyl groups excluding tert-OH is 1. The van der Waals surface area contributed by atoms with Crippen LogP contribution >= 0.6 is 33.2 Å². The molecule has 2 fully saturated rings. The number of rotatable bonds is 15. The summed E-state index contributed by atoms with van der Waals surface area (Å²) in [4.78, 5) is 132. The molecule has 3 heterocycles. The number of aromatic amines is 1. The van der Waals surface area contributed by atoms with Gasteiger partial charge < -0.3 is 62.4 Å². The average Bonchev–Trinajstić information content (AvgIpc) is 3.99. The summed E-state index contributed by atoms with van der Waals surface area (Å²) in [5.41, 5.74) is 1.48. The van der Waals surface area contributed by atoms with Crippen LogP contribution < -0.4 is 37.2 Å². The van der Waals surface area contributed by atoms with E-state index < -0.39 is 114 Å². The van der Waals surface area contributed by atoms with Crippen molar-refractivity contribution in [1.82, 2.24) is 52.1 Å². The van der Waals surface area contributed by atoms with Crippen LogP contribution in [0.3, 0.4) is 0 Å². The van der Waals surface area contributed by atoms with E-state index >= 15 is 0 Å². The molecule has 3 aromatic rings. The second-order valence-corrected chi connectivity index (χ2v) is 21.1. The molecule has 25 heteroatoms. The first-order chi connectivity index (χ1) is 34.2. The molecule has 2 aliphatic heterocycles. The Morgan fingerprint density at radius 1 is 0.833 bits per heavy atom. The van der Waals surface area contributed by atoms with Gasteiger partial charge in [0.05, 0.1) is 23.9 Å². The third kappa shape index (κ3) is 17.2. The van der Waals surface area contributed by atoms with Gasteiger partial charge in [0.25, 0.3) is 0 Å². The van der Waals surface area contributed by atoms with Crippen LogP contribution in [0.15, 0.2) is 61.1 Å². The fourth-order valence-corrected chi connectivity index (χ4v) is 10.7. The molecule has 0 bridgehead atoms. The van der Waals surface area contributed by atoms with E-state index in [4.69, 9.17) is 11.6 Å². The zero-order valence-electron chi connectivity index (χ0n) is 40.0. The van der Waals surface area contributed by atoms with Crippen molar-refractivity contribution in [2.24, 2.45) is 5.92 Å². The van der Waals surface area contributed by atoms with Gasteiger partial charge in [0.1, 0.15) is 48.0 Å². The monoisotopic (exact) mass is 1060 g/mol. The number of fused-ring (bicyclic) bond motifs is 1. The van der Waals surface area contributed by atoms with Gasteiger partial charge in [-0.3, -0.25) is 43.2 Å². The van der Waals surface area contributed by atoms with E-state index in [0.717, 1.165) is 21.3 Å². The van der Waals surface area contributed by atoms with Gasteiger partial charge in [-0.2, -0.15) is 0 Å². The minimum Gasteiger partial charge on any atom is -0.506 e. The lowest BCUT2D eigenvalue weighted by Gasteiger charge is -2.31. The minimum atomic E-state index is -1.74. The Hall–Kier alpha value is -6.37. The van der Waals surface area contributed by atoms with Crippen molar-refractivity contribution < 1.29 is 58.5 Å². The Bertz CT molecular complexity index is 2420. The van der Waals surface area contributed by atoms with Gasteiger partial charge in [0.2, 0.25) is 47.3 Å². The summed E-state index contributed by atoms with van der Waals surface area (Å²) in [5.74, 6) is -8.12. The molecule has 8 amide bonds. The molecule has 22 nitrogen and oxygen atoms in total. The molecule has 0 spiro atoms. The number of carbonyl (C=O) groups excluding carboxylic acids is 8. The number of carboxylic acid groups (broad SMARTS) is 1. The van der Waals surface area contributed by atoms with Gasteiger partial charge in [-0.1, -0.05) is 83.4 Å². The first kappa shape index (κ1) is 56.5. The molecule has 0 aliphatic carbocycles. The molecule has 0 saturated carbocycles. The topological polar surface area (TPSA) is 330 Å². The third-order valence-corrected chi connectivity index (χ3v) is 14.4. The number of nitrogens with zero attached hydrogens (tertiary/aromatic N) is 2. The maximum Gasteiger partial charge on any atom is 0.305 e. The number of phenolic OH excluding ortho intramolecular Hbond substituents is 1. The Morgan fingerprint density at radius 3 is 2.14 bits per heavy atom. The number of amides is 8. The van der Waals surface area contributed by atoms with E-state index in [1.165, 1.54) is 48.4 Å². The van der Waals surface area contributed by atoms with Crippen LogP contribution in [-0.2, 0) is 62.4 Å². The van der Waals surface area contributed by atoms with Gasteiger partial charge in [0, 0.05) is 68.6 Å². The van der Waals surface area contributed by atoms with Crippen LogP contribution in [0.1, 0.15) is 63.8 Å². The number of phenols is 1. The van der Waals surface area contributed by atoms with Crippen LogP contribution in [0, 0.1) is 5.92 Å². The molecule has 72 heavy (non-hydrogen) atoms. The van der Waals surface area contributed by atoms with Crippen LogP contribution in [0.2, 0.25) is 5.02 Å². The molecule has 2 aromatic carbocycles. The summed E-state index contributed by atoms with van der Waals surface area (Å²) in [5, 5.41) is 49.4. The molecule has 390 valence electrons. The molecular weight excluding hydrogens is 996 g/mol. The fraction of sp³-hybridized carbons (Fsp3) is 0.489. The zero-order valence-corrected chi connectivity index (χ0v) is 42.4. The Labute approximate surface area is 428 Å². The number of nitrogens with one attached hydrogen (secondary N) is 8. The number of carboxylic acids is 1. The molecule has 2 unspecified atom stereocenters. The second kappa shape index (κ2) is 26.9. The highest BCUT2D eigenvalue weighted by molar-refractivity contribution is 8.76. The largest absolute Gasteiger partial charge is 0.506 e. The molecular formula is C47H61ClN10O12S2. The predicted molar refractivity (Wildman–Crippen MR) is 267 cm³/mol. The Kier molecular flexibility index (Phi) is 21.1. The fourth-order valence-electron chi connectivity index (χ4n) is 8.03. The zero-order chi connectivity index (χ0) is 52.6. The molecule has 0 radical (unpaired) electrons. The van der Waals surface area contributed by atoms with E-state index in [0.29, 0.717) is 11.3 Å². The number of imidazole rings is 1. The third-order valence-electron chi connectivity index (χ3n) is 11.5. The number of hydrogen-bond donors (Lipinski definition) is 11. The first-order valence-corrected chi connectivity index (χ1v) is 26.1. The van der Waals surface area contributed by atoms with Crippen molar-refractivity contribution in [3.8, 4) is 5.75 Å². The van der Waals surface area contributed by atoms with E-state index in [1.54, 1.807) is 37.3 Å². The Morgan fingerprint density at radius 2 is 1.49 bits per heavy atom. The SMILES string of the molecule is CC(=O)N[C@H](Cc1ccccc1)C(=O)N[C@H](Cc1cnc[nH]1)C(=O)N[C@@H]1CSSC[C@H](C)NC(=O)C(CC(C)C)NC(=O)[C@@H](CC(=O)O)NC(=O)[C@@H](Cc2ccc(O)c(Cl)c2)NC(=O)[C@H]2CC(O)CN2C1=O. The van der Waals surface area contributed by atoms with Gasteiger partial charge in [-0.25, -0.2) is 4.98 Å². The lowest BCUT2D eigenvalue weighted by molar-refractivity contribution is -0.142. The van der Waals surface area contributed by atoms with Crippen LogP contribution in [0.5, 0.6) is 5.75 Å². The number of halogens is 1. The molecule has 2 saturated heterocycles. The van der Waals surface area contributed by atoms with Gasteiger partial charge in [0.15, 0.2) is 0 Å². The summed E-state index contributed by atoms with van der Waals surface area (Å²) < 4.78 is 0. The second-order valence-electron chi connectivity index (χ2n) is 18.1. The van der Waals surface area contributed by atoms with E-state index in [1.807, 2.05) is 13.8 Å². The van der Waals surface area contributed by atoms with Crippen molar-refractivity contribution >= 4 is 86.4 Å². The highest BCUT2D eigenvalue weighted by atomic mass is 35.5. The number of aromatic hydroxyl groups is 1. The quantitative estimate of drug-likeness (QED) is 0.0901. The number of aromatic nitrogens is 2. The standard InChI is InChI=1S/C47H61ClN10O12S2/c1-24(2)12-32-41(64)51-25(3)21-71-72-22-37(57-44(67)35(16-29-19-49-23-50-29)54-42(65)33(52-26(4)59)14-27-8-6-5-7-9-27)47(70)58-20-30(60)17-38(58)46(69)56-34(15-28-10-11-39(61)31(48)13-28)43(66)55-36(18-40(62)63)45(68)53-32/h5-11,13,19,23-25,30,32-38,60-61H,12,14-18,20-22H2,1-4H3,(H,49,50)(H,51,64)(H,52,59)(H,53,68)(H,54,65)(H,55,66)(H,56,69)(H,57,67)(H,62,63)/t25-,30?,32?,33+,34+,35+,36+,37+,38+/m0/s1. The maximum absolute atomic E-state index is 14.8. The maximum atomic E-state index is 14.8. The molecule has 5 rings (SSSR count). The lowest BCUT2D eigenvalue weighted by atomic mass is 10.0. The Balaban J connectivity index is 1.50. The average molecular weight is 1060 g/mol.